The maximum atomic E-state index is 6.00. The first kappa shape index (κ1) is 15.5. The highest BCUT2D eigenvalue weighted by molar-refractivity contribution is 5.36. The van der Waals surface area contributed by atoms with Gasteiger partial charge in [-0.2, -0.15) is 0 Å². The van der Waals surface area contributed by atoms with Gasteiger partial charge in [0, 0.05) is 18.7 Å². The quantitative estimate of drug-likeness (QED) is 0.849. The largest absolute Gasteiger partial charge is 0.496 e. The summed E-state index contributed by atoms with van der Waals surface area (Å²) in [6.07, 6.45) is 1.02. The van der Waals surface area contributed by atoms with Crippen LogP contribution in [0.4, 0.5) is 0 Å². The van der Waals surface area contributed by atoms with Crippen LogP contribution in [0.1, 0.15) is 17.2 Å². The summed E-state index contributed by atoms with van der Waals surface area (Å²) in [7, 11) is 3.82. The molecule has 1 unspecified atom stereocenters. The van der Waals surface area contributed by atoms with Crippen molar-refractivity contribution in [3.63, 3.8) is 0 Å². The van der Waals surface area contributed by atoms with Gasteiger partial charge in [0.1, 0.15) is 5.75 Å². The summed E-state index contributed by atoms with van der Waals surface area (Å²) in [4.78, 5) is 2.30. The molecule has 0 saturated carbocycles. The highest BCUT2D eigenvalue weighted by atomic mass is 16.5. The molecule has 0 radical (unpaired) electrons. The van der Waals surface area contributed by atoms with Crippen LogP contribution in [-0.4, -0.2) is 32.1 Å². The van der Waals surface area contributed by atoms with Gasteiger partial charge >= 0.3 is 0 Å². The van der Waals surface area contributed by atoms with Crippen molar-refractivity contribution in [1.29, 1.82) is 0 Å². The third kappa shape index (κ3) is 4.06. The lowest BCUT2D eigenvalue weighted by atomic mass is 10.0. The fourth-order valence-corrected chi connectivity index (χ4v) is 2.59. The van der Waals surface area contributed by atoms with Gasteiger partial charge in [0.25, 0.3) is 0 Å². The van der Waals surface area contributed by atoms with Crippen LogP contribution in [0.5, 0.6) is 5.75 Å². The number of nitrogens with two attached hydrogens (primary N) is 1. The minimum Gasteiger partial charge on any atom is -0.496 e. The van der Waals surface area contributed by atoms with E-state index in [0.29, 0.717) is 6.54 Å². The molecule has 0 bridgehead atoms. The van der Waals surface area contributed by atoms with E-state index in [0.717, 1.165) is 24.3 Å². The Labute approximate surface area is 127 Å². The molecule has 0 spiro atoms. The molecular weight excluding hydrogens is 260 g/mol. The van der Waals surface area contributed by atoms with Crippen molar-refractivity contribution in [1.82, 2.24) is 4.90 Å². The van der Waals surface area contributed by atoms with E-state index in [9.17, 15) is 0 Å². The van der Waals surface area contributed by atoms with Gasteiger partial charge in [0.05, 0.1) is 13.2 Å². The van der Waals surface area contributed by atoms with E-state index >= 15 is 0 Å². The zero-order chi connectivity index (χ0) is 15.1. The molecule has 0 aliphatic carbocycles. The van der Waals surface area contributed by atoms with Crippen molar-refractivity contribution < 1.29 is 4.74 Å². The first-order valence-electron chi connectivity index (χ1n) is 7.33. The van der Waals surface area contributed by atoms with Crippen LogP contribution in [0.15, 0.2) is 54.6 Å². The molecule has 0 aromatic heterocycles. The Morgan fingerprint density at radius 2 is 1.71 bits per heavy atom. The molecule has 0 aliphatic rings. The van der Waals surface area contributed by atoms with E-state index in [1.165, 1.54) is 5.56 Å². The fourth-order valence-electron chi connectivity index (χ4n) is 2.59. The number of hydrogen-bond donors (Lipinski definition) is 1. The molecule has 3 heteroatoms. The number of benzene rings is 2. The Hall–Kier alpha value is -1.84. The number of methoxy groups -OCH3 is 1. The topological polar surface area (TPSA) is 38.5 Å². The minimum atomic E-state index is 0.171. The third-order valence-corrected chi connectivity index (χ3v) is 3.85. The van der Waals surface area contributed by atoms with Crippen LogP contribution >= 0.6 is 0 Å². The average Bonchev–Trinajstić information content (AvgIpc) is 2.55. The predicted octanol–water partition coefficient (Wildman–Crippen LogP) is 2.87. The molecule has 2 N–H and O–H groups in total. The molecule has 112 valence electrons. The van der Waals surface area contributed by atoms with E-state index in [1.807, 2.05) is 24.3 Å². The van der Waals surface area contributed by atoms with E-state index in [2.05, 4.69) is 42.3 Å². The van der Waals surface area contributed by atoms with Gasteiger partial charge in [-0.05, 0) is 25.1 Å². The number of nitrogens with zero attached hydrogens (tertiary/aromatic N) is 1. The molecule has 0 fully saturated rings. The highest BCUT2D eigenvalue weighted by Gasteiger charge is 2.18. The van der Waals surface area contributed by atoms with Crippen LogP contribution in [0, 0.1) is 0 Å². The Morgan fingerprint density at radius 1 is 1.05 bits per heavy atom. The normalized spacial score (nSPS) is 12.4. The zero-order valence-electron chi connectivity index (χ0n) is 12.8. The molecular formula is C18H24N2O. The number of para-hydroxylation sites is 1. The van der Waals surface area contributed by atoms with Crippen molar-refractivity contribution in [3.05, 3.63) is 65.7 Å². The van der Waals surface area contributed by atoms with Crippen LogP contribution < -0.4 is 10.5 Å². The first-order valence-corrected chi connectivity index (χ1v) is 7.33. The van der Waals surface area contributed by atoms with Crippen LogP contribution in [0.3, 0.4) is 0 Å². The molecule has 2 rings (SSSR count). The predicted molar refractivity (Wildman–Crippen MR) is 87.6 cm³/mol. The number of hydrogen-bond acceptors (Lipinski definition) is 3. The molecule has 21 heavy (non-hydrogen) atoms. The Kier molecular flexibility index (Phi) is 5.78. The molecule has 0 saturated heterocycles. The van der Waals surface area contributed by atoms with Crippen LogP contribution in [0.25, 0.3) is 0 Å². The lowest BCUT2D eigenvalue weighted by Gasteiger charge is -2.28. The molecule has 0 heterocycles. The fraction of sp³-hybridized carbons (Fsp3) is 0.333. The lowest BCUT2D eigenvalue weighted by Crippen LogP contribution is -2.32. The molecule has 0 aliphatic heterocycles. The van der Waals surface area contributed by atoms with Crippen molar-refractivity contribution in [3.8, 4) is 5.75 Å². The Morgan fingerprint density at radius 3 is 2.38 bits per heavy atom. The summed E-state index contributed by atoms with van der Waals surface area (Å²) in [6, 6.07) is 18.8. The molecule has 2 aromatic carbocycles. The first-order chi connectivity index (χ1) is 10.3. The standard InChI is InChI=1S/C18H24N2O/c1-20(13-12-15-8-4-3-5-9-15)17(14-19)16-10-6-7-11-18(16)21-2/h3-11,17H,12-14,19H2,1-2H3. The summed E-state index contributed by atoms with van der Waals surface area (Å²) < 4.78 is 5.46. The SMILES string of the molecule is COc1ccccc1C(CN)N(C)CCc1ccccc1. The zero-order valence-corrected chi connectivity index (χ0v) is 12.8. The molecule has 2 aromatic rings. The summed E-state index contributed by atoms with van der Waals surface area (Å²) in [5.41, 5.74) is 8.50. The Balaban J connectivity index is 2.06. The summed E-state index contributed by atoms with van der Waals surface area (Å²) in [6.45, 7) is 1.54. The lowest BCUT2D eigenvalue weighted by molar-refractivity contribution is 0.247. The number of likely N-dealkylation sites (N-methyl/N-ethyl adjacent to an activating group) is 1. The van der Waals surface area contributed by atoms with E-state index in [1.54, 1.807) is 7.11 Å². The second-order valence-corrected chi connectivity index (χ2v) is 5.21. The Bertz CT molecular complexity index is 542. The van der Waals surface area contributed by atoms with Gasteiger partial charge in [-0.1, -0.05) is 48.5 Å². The van der Waals surface area contributed by atoms with Gasteiger partial charge in [0.2, 0.25) is 0 Å². The average molecular weight is 284 g/mol. The minimum absolute atomic E-state index is 0.171. The van der Waals surface area contributed by atoms with Gasteiger partial charge in [-0.25, -0.2) is 0 Å². The molecule has 3 nitrogen and oxygen atoms in total. The summed E-state index contributed by atoms with van der Waals surface area (Å²) in [5, 5.41) is 0. The number of ether oxygens (including phenoxy) is 1. The van der Waals surface area contributed by atoms with Crippen LogP contribution in [-0.2, 0) is 6.42 Å². The van der Waals surface area contributed by atoms with Gasteiger partial charge < -0.3 is 10.5 Å². The highest BCUT2D eigenvalue weighted by Crippen LogP contribution is 2.27. The summed E-state index contributed by atoms with van der Waals surface area (Å²) in [5.74, 6) is 0.902. The van der Waals surface area contributed by atoms with E-state index in [-0.39, 0.29) is 6.04 Å². The number of rotatable bonds is 7. The van der Waals surface area contributed by atoms with Gasteiger partial charge in [0.15, 0.2) is 0 Å². The van der Waals surface area contributed by atoms with Crippen LogP contribution in [0.2, 0.25) is 0 Å². The molecule has 0 amide bonds. The van der Waals surface area contributed by atoms with Gasteiger partial charge in [-0.15, -0.1) is 0 Å². The van der Waals surface area contributed by atoms with Crippen molar-refractivity contribution >= 4 is 0 Å². The smallest absolute Gasteiger partial charge is 0.123 e. The van der Waals surface area contributed by atoms with Gasteiger partial charge in [-0.3, -0.25) is 4.90 Å². The van der Waals surface area contributed by atoms with Crippen molar-refractivity contribution in [2.24, 2.45) is 5.73 Å². The van der Waals surface area contributed by atoms with Crippen molar-refractivity contribution in [2.75, 3.05) is 27.2 Å². The van der Waals surface area contributed by atoms with E-state index in [4.69, 9.17) is 10.5 Å². The maximum absolute atomic E-state index is 6.00. The van der Waals surface area contributed by atoms with Crippen molar-refractivity contribution in [2.45, 2.75) is 12.5 Å². The summed E-state index contributed by atoms with van der Waals surface area (Å²) >= 11 is 0. The monoisotopic (exact) mass is 284 g/mol. The molecule has 1 atom stereocenters. The second-order valence-electron chi connectivity index (χ2n) is 5.21. The third-order valence-electron chi connectivity index (χ3n) is 3.85. The maximum Gasteiger partial charge on any atom is 0.123 e. The second kappa shape index (κ2) is 7.81. The van der Waals surface area contributed by atoms with E-state index < -0.39 is 0 Å².